The van der Waals surface area contributed by atoms with Crippen LogP contribution in [0.2, 0.25) is 0 Å². The molecule has 3 heterocycles. The van der Waals surface area contributed by atoms with Gasteiger partial charge in [0.1, 0.15) is 5.82 Å². The topological polar surface area (TPSA) is 64.8 Å². The first-order valence-corrected chi connectivity index (χ1v) is 9.23. The number of nitrogens with one attached hydrogen (secondary N) is 2. The van der Waals surface area contributed by atoms with Gasteiger partial charge in [-0.15, -0.1) is 0 Å². The number of H-pyrrole nitrogens is 2. The minimum Gasteiger partial charge on any atom is -0.361 e. The Bertz CT molecular complexity index is 1160. The maximum absolute atomic E-state index is 12.7. The highest BCUT2D eigenvalue weighted by molar-refractivity contribution is 5.82. The van der Waals surface area contributed by atoms with Gasteiger partial charge in [0.2, 0.25) is 0 Å². The summed E-state index contributed by atoms with van der Waals surface area (Å²) in [5.74, 6) is 0.657. The molecule has 4 aromatic rings. The molecule has 0 amide bonds. The summed E-state index contributed by atoms with van der Waals surface area (Å²) >= 11 is 0. The summed E-state index contributed by atoms with van der Waals surface area (Å²) in [6.07, 6.45) is 2.86. The summed E-state index contributed by atoms with van der Waals surface area (Å²) < 4.78 is 0. The van der Waals surface area contributed by atoms with Crippen LogP contribution in [0.3, 0.4) is 0 Å². The quantitative estimate of drug-likeness (QED) is 0.591. The van der Waals surface area contributed by atoms with Crippen LogP contribution in [0.4, 0.5) is 0 Å². The number of hydrogen-bond donors (Lipinski definition) is 2. The second kappa shape index (κ2) is 6.52. The lowest BCUT2D eigenvalue weighted by molar-refractivity contribution is 0.242. The van der Waals surface area contributed by atoms with Gasteiger partial charge < -0.3 is 9.97 Å². The van der Waals surface area contributed by atoms with E-state index in [-0.39, 0.29) is 5.56 Å². The third-order valence-electron chi connectivity index (χ3n) is 5.26. The van der Waals surface area contributed by atoms with Crippen molar-refractivity contribution in [3.8, 4) is 11.4 Å². The number of aromatic nitrogens is 3. The number of para-hydroxylation sites is 1. The third-order valence-corrected chi connectivity index (χ3v) is 5.26. The van der Waals surface area contributed by atoms with Gasteiger partial charge in [-0.1, -0.05) is 48.5 Å². The first-order valence-electron chi connectivity index (χ1n) is 9.23. The number of rotatable bonds is 3. The SMILES string of the molecule is O=c1[nH]c(-c2ccccc2)nc2c1CN(Cc1c[nH]c3ccccc13)CC2. The van der Waals surface area contributed by atoms with Crippen molar-refractivity contribution in [1.82, 2.24) is 19.9 Å². The third kappa shape index (κ3) is 2.96. The van der Waals surface area contributed by atoms with E-state index in [1.54, 1.807) is 0 Å². The number of fused-ring (bicyclic) bond motifs is 2. The van der Waals surface area contributed by atoms with Gasteiger partial charge in [0, 0.05) is 48.7 Å². The Labute approximate surface area is 156 Å². The lowest BCUT2D eigenvalue weighted by Gasteiger charge is -2.27. The molecule has 0 saturated heterocycles. The summed E-state index contributed by atoms with van der Waals surface area (Å²) in [6, 6.07) is 18.1. The van der Waals surface area contributed by atoms with E-state index in [2.05, 4.69) is 39.3 Å². The maximum Gasteiger partial charge on any atom is 0.255 e. The molecule has 134 valence electrons. The molecule has 27 heavy (non-hydrogen) atoms. The molecule has 1 aliphatic heterocycles. The van der Waals surface area contributed by atoms with Crippen molar-refractivity contribution in [2.24, 2.45) is 0 Å². The predicted octanol–water partition coefficient (Wildman–Crippen LogP) is 3.48. The zero-order chi connectivity index (χ0) is 18.2. The minimum atomic E-state index is -0.0255. The Morgan fingerprint density at radius 1 is 1.04 bits per heavy atom. The zero-order valence-corrected chi connectivity index (χ0v) is 14.9. The monoisotopic (exact) mass is 356 g/mol. The molecule has 0 atom stereocenters. The molecule has 2 N–H and O–H groups in total. The highest BCUT2D eigenvalue weighted by Gasteiger charge is 2.22. The van der Waals surface area contributed by atoms with Gasteiger partial charge in [-0.25, -0.2) is 4.98 Å². The highest BCUT2D eigenvalue weighted by atomic mass is 16.1. The summed E-state index contributed by atoms with van der Waals surface area (Å²) in [6.45, 7) is 2.35. The van der Waals surface area contributed by atoms with Crippen molar-refractivity contribution in [2.45, 2.75) is 19.5 Å². The lowest BCUT2D eigenvalue weighted by Crippen LogP contribution is -2.35. The van der Waals surface area contributed by atoms with E-state index in [9.17, 15) is 4.79 Å². The zero-order valence-electron chi connectivity index (χ0n) is 14.9. The van der Waals surface area contributed by atoms with Crippen molar-refractivity contribution in [3.63, 3.8) is 0 Å². The molecule has 0 bridgehead atoms. The van der Waals surface area contributed by atoms with Crippen molar-refractivity contribution in [1.29, 1.82) is 0 Å². The molecule has 0 spiro atoms. The molecule has 0 aliphatic carbocycles. The van der Waals surface area contributed by atoms with Crippen LogP contribution < -0.4 is 5.56 Å². The molecule has 0 unspecified atom stereocenters. The fourth-order valence-electron chi connectivity index (χ4n) is 3.85. The molecule has 5 heteroatoms. The summed E-state index contributed by atoms with van der Waals surface area (Å²) in [5, 5.41) is 1.25. The first-order chi connectivity index (χ1) is 13.3. The molecule has 0 radical (unpaired) electrons. The smallest absolute Gasteiger partial charge is 0.255 e. The van der Waals surface area contributed by atoms with Crippen LogP contribution >= 0.6 is 0 Å². The van der Waals surface area contributed by atoms with E-state index in [4.69, 9.17) is 4.98 Å². The molecular weight excluding hydrogens is 336 g/mol. The van der Waals surface area contributed by atoms with Crippen LogP contribution in [-0.2, 0) is 19.5 Å². The first kappa shape index (κ1) is 16.0. The predicted molar refractivity (Wildman–Crippen MR) is 106 cm³/mol. The standard InChI is InChI=1S/C22H20N4O/c27-22-18-14-26(13-16-12-23-19-9-5-4-8-17(16)19)11-10-20(18)24-21(25-22)15-6-2-1-3-7-15/h1-9,12,23H,10-11,13-14H2,(H,24,25,27). The van der Waals surface area contributed by atoms with E-state index < -0.39 is 0 Å². The van der Waals surface area contributed by atoms with Gasteiger partial charge >= 0.3 is 0 Å². The Kier molecular flexibility index (Phi) is 3.87. The normalized spacial score (nSPS) is 14.4. The van der Waals surface area contributed by atoms with Gasteiger partial charge in [0.05, 0.1) is 11.3 Å². The molecule has 5 nitrogen and oxygen atoms in total. The second-order valence-corrected chi connectivity index (χ2v) is 7.03. The van der Waals surface area contributed by atoms with Gasteiger partial charge in [-0.3, -0.25) is 9.69 Å². The second-order valence-electron chi connectivity index (χ2n) is 7.03. The molecule has 0 saturated carbocycles. The lowest BCUT2D eigenvalue weighted by atomic mass is 10.1. The average Bonchev–Trinajstić information content (AvgIpc) is 3.12. The van der Waals surface area contributed by atoms with Crippen LogP contribution in [0.5, 0.6) is 0 Å². The number of nitrogens with zero attached hydrogens (tertiary/aromatic N) is 2. The van der Waals surface area contributed by atoms with E-state index in [1.165, 1.54) is 10.9 Å². The van der Waals surface area contributed by atoms with Crippen molar-refractivity contribution in [3.05, 3.63) is 88.0 Å². The molecule has 1 aliphatic rings. The number of aromatic amines is 2. The van der Waals surface area contributed by atoms with Gasteiger partial charge in [-0.2, -0.15) is 0 Å². The Morgan fingerprint density at radius 3 is 2.74 bits per heavy atom. The highest BCUT2D eigenvalue weighted by Crippen LogP contribution is 2.23. The van der Waals surface area contributed by atoms with E-state index in [1.807, 2.05) is 36.4 Å². The largest absolute Gasteiger partial charge is 0.361 e. The van der Waals surface area contributed by atoms with Crippen LogP contribution in [0, 0.1) is 0 Å². The van der Waals surface area contributed by atoms with Crippen LogP contribution in [0.15, 0.2) is 65.6 Å². The van der Waals surface area contributed by atoms with Crippen LogP contribution in [-0.4, -0.2) is 26.4 Å². The van der Waals surface area contributed by atoms with E-state index >= 15 is 0 Å². The van der Waals surface area contributed by atoms with Gasteiger partial charge in [-0.05, 0) is 11.6 Å². The van der Waals surface area contributed by atoms with E-state index in [0.29, 0.717) is 12.4 Å². The van der Waals surface area contributed by atoms with Gasteiger partial charge in [0.15, 0.2) is 0 Å². The molecular formula is C22H20N4O. The molecule has 2 aromatic carbocycles. The summed E-state index contributed by atoms with van der Waals surface area (Å²) in [5.41, 5.74) is 5.05. The average molecular weight is 356 g/mol. The maximum atomic E-state index is 12.7. The molecule has 5 rings (SSSR count). The fourth-order valence-corrected chi connectivity index (χ4v) is 3.85. The Balaban J connectivity index is 1.42. The summed E-state index contributed by atoms with van der Waals surface area (Å²) in [4.78, 5) is 26.0. The Hall–Kier alpha value is -3.18. The van der Waals surface area contributed by atoms with Crippen LogP contribution in [0.25, 0.3) is 22.3 Å². The Morgan fingerprint density at radius 2 is 1.85 bits per heavy atom. The van der Waals surface area contributed by atoms with Gasteiger partial charge in [0.25, 0.3) is 5.56 Å². The van der Waals surface area contributed by atoms with Crippen molar-refractivity contribution >= 4 is 10.9 Å². The summed E-state index contributed by atoms with van der Waals surface area (Å²) in [7, 11) is 0. The molecule has 0 fully saturated rings. The number of benzene rings is 2. The fraction of sp³-hybridized carbons (Fsp3) is 0.182. The van der Waals surface area contributed by atoms with E-state index in [0.717, 1.165) is 41.8 Å². The number of hydrogen-bond acceptors (Lipinski definition) is 3. The molecule has 2 aromatic heterocycles. The van der Waals surface area contributed by atoms with Crippen LogP contribution in [0.1, 0.15) is 16.8 Å². The van der Waals surface area contributed by atoms with Crippen molar-refractivity contribution in [2.75, 3.05) is 6.54 Å². The minimum absolute atomic E-state index is 0.0255. The van der Waals surface area contributed by atoms with Crippen molar-refractivity contribution < 1.29 is 0 Å².